The number of fused-ring (bicyclic) bond motifs is 1. The molecule has 4 rings (SSSR count). The highest BCUT2D eigenvalue weighted by atomic mass is 16.2. The zero-order valence-electron chi connectivity index (χ0n) is 17.7. The number of nitrogens with one attached hydrogen (secondary N) is 2. The van der Waals surface area contributed by atoms with E-state index in [4.69, 9.17) is 0 Å². The molecule has 5 heteroatoms. The molecule has 0 saturated heterocycles. The van der Waals surface area contributed by atoms with E-state index in [1.54, 1.807) is 12.1 Å². The molecule has 1 heterocycles. The molecule has 5 nitrogen and oxygen atoms in total. The minimum Gasteiger partial charge on any atom is -0.371 e. The van der Waals surface area contributed by atoms with Crippen molar-refractivity contribution in [3.8, 4) is 0 Å². The third-order valence-corrected chi connectivity index (χ3v) is 5.67. The molecule has 0 spiro atoms. The van der Waals surface area contributed by atoms with E-state index in [1.165, 1.54) is 11.3 Å². The molecular formula is C26H27N3O2. The van der Waals surface area contributed by atoms with Crippen LogP contribution >= 0.6 is 0 Å². The number of rotatable bonds is 7. The Balaban J connectivity index is 1.53. The van der Waals surface area contributed by atoms with Gasteiger partial charge in [-0.25, -0.2) is 0 Å². The van der Waals surface area contributed by atoms with Crippen LogP contribution in [0.5, 0.6) is 0 Å². The molecular weight excluding hydrogens is 386 g/mol. The maximum absolute atomic E-state index is 13.2. The molecule has 3 aromatic carbocycles. The first-order chi connectivity index (χ1) is 15.1. The highest BCUT2D eigenvalue weighted by Gasteiger charge is 2.23. The van der Waals surface area contributed by atoms with E-state index in [0.717, 1.165) is 30.8 Å². The van der Waals surface area contributed by atoms with Crippen LogP contribution in [0.2, 0.25) is 0 Å². The quantitative estimate of drug-likeness (QED) is 0.614. The second kappa shape index (κ2) is 9.47. The molecule has 2 N–H and O–H groups in total. The number of carbonyl (C=O) groups excluding carboxylic acids is 2. The normalized spacial score (nSPS) is 13.4. The van der Waals surface area contributed by atoms with Gasteiger partial charge < -0.3 is 15.5 Å². The van der Waals surface area contributed by atoms with Gasteiger partial charge in [-0.2, -0.15) is 0 Å². The van der Waals surface area contributed by atoms with Gasteiger partial charge in [-0.1, -0.05) is 54.6 Å². The number of anilines is 2. The van der Waals surface area contributed by atoms with Crippen molar-refractivity contribution in [1.82, 2.24) is 5.32 Å². The maximum atomic E-state index is 13.2. The highest BCUT2D eigenvalue weighted by molar-refractivity contribution is 6.01. The molecule has 0 radical (unpaired) electrons. The van der Waals surface area contributed by atoms with Crippen LogP contribution in [0.4, 0.5) is 11.4 Å². The van der Waals surface area contributed by atoms with Crippen LogP contribution in [-0.4, -0.2) is 30.9 Å². The summed E-state index contributed by atoms with van der Waals surface area (Å²) < 4.78 is 0. The summed E-state index contributed by atoms with van der Waals surface area (Å²) in [5.41, 5.74) is 4.74. The predicted octanol–water partition coefficient (Wildman–Crippen LogP) is 4.05. The van der Waals surface area contributed by atoms with Crippen molar-refractivity contribution in [2.24, 2.45) is 0 Å². The van der Waals surface area contributed by atoms with E-state index in [9.17, 15) is 9.59 Å². The van der Waals surface area contributed by atoms with Crippen molar-refractivity contribution in [2.45, 2.75) is 25.8 Å². The fourth-order valence-corrected chi connectivity index (χ4v) is 3.97. The SMILES string of the molecule is CCN1CCc2ccc(NC(=O)C(Cc3ccccc3)NC(=O)c3ccccc3)cc21. The molecule has 1 atom stereocenters. The van der Waals surface area contributed by atoms with Gasteiger partial charge in [0.1, 0.15) is 6.04 Å². The summed E-state index contributed by atoms with van der Waals surface area (Å²) in [6.07, 6.45) is 1.44. The predicted molar refractivity (Wildman–Crippen MR) is 125 cm³/mol. The Labute approximate surface area is 183 Å². The average Bonchev–Trinajstić information content (AvgIpc) is 3.22. The molecule has 31 heavy (non-hydrogen) atoms. The lowest BCUT2D eigenvalue weighted by Gasteiger charge is -2.20. The molecule has 0 aliphatic carbocycles. The van der Waals surface area contributed by atoms with Gasteiger partial charge in [-0.15, -0.1) is 0 Å². The second-order valence-corrected chi connectivity index (χ2v) is 7.74. The third-order valence-electron chi connectivity index (χ3n) is 5.67. The Kier molecular flexibility index (Phi) is 6.32. The van der Waals surface area contributed by atoms with Gasteiger partial charge in [-0.05, 0) is 48.7 Å². The van der Waals surface area contributed by atoms with Gasteiger partial charge in [0.05, 0.1) is 0 Å². The molecule has 0 fully saturated rings. The molecule has 158 valence electrons. The number of hydrogen-bond acceptors (Lipinski definition) is 3. The number of likely N-dealkylation sites (N-methyl/N-ethyl adjacent to an activating group) is 1. The zero-order valence-corrected chi connectivity index (χ0v) is 17.7. The van der Waals surface area contributed by atoms with E-state index >= 15 is 0 Å². The summed E-state index contributed by atoms with van der Waals surface area (Å²) in [5.74, 6) is -0.489. The van der Waals surface area contributed by atoms with E-state index in [2.05, 4.69) is 28.5 Å². The minimum atomic E-state index is -0.689. The summed E-state index contributed by atoms with van der Waals surface area (Å²) in [6, 6.07) is 24.1. The van der Waals surface area contributed by atoms with Gasteiger partial charge in [-0.3, -0.25) is 9.59 Å². The van der Waals surface area contributed by atoms with Crippen molar-refractivity contribution < 1.29 is 9.59 Å². The standard InChI is InChI=1S/C26H27N3O2/c1-2-29-16-15-20-13-14-22(18-24(20)29)27-26(31)23(17-19-9-5-3-6-10-19)28-25(30)21-11-7-4-8-12-21/h3-14,18,23H,2,15-17H2,1H3,(H,27,31)(H,28,30). The lowest BCUT2D eigenvalue weighted by Crippen LogP contribution is -2.45. The number of nitrogens with zero attached hydrogens (tertiary/aromatic N) is 1. The molecule has 2 amide bonds. The molecule has 0 bridgehead atoms. The highest BCUT2D eigenvalue weighted by Crippen LogP contribution is 2.30. The number of carbonyl (C=O) groups is 2. The summed E-state index contributed by atoms with van der Waals surface area (Å²) >= 11 is 0. The Hall–Kier alpha value is -3.60. The fraction of sp³-hybridized carbons (Fsp3) is 0.231. The number of benzene rings is 3. The van der Waals surface area contributed by atoms with Gasteiger partial charge >= 0.3 is 0 Å². The van der Waals surface area contributed by atoms with E-state index in [-0.39, 0.29) is 11.8 Å². The molecule has 0 aromatic heterocycles. The summed E-state index contributed by atoms with van der Waals surface area (Å²) in [5, 5.41) is 5.93. The first kappa shape index (κ1) is 20.7. The topological polar surface area (TPSA) is 61.4 Å². The Morgan fingerprint density at radius 3 is 2.39 bits per heavy atom. The Morgan fingerprint density at radius 1 is 0.968 bits per heavy atom. The first-order valence-electron chi connectivity index (χ1n) is 10.7. The van der Waals surface area contributed by atoms with Crippen LogP contribution < -0.4 is 15.5 Å². The first-order valence-corrected chi connectivity index (χ1v) is 10.7. The summed E-state index contributed by atoms with van der Waals surface area (Å²) in [6.45, 7) is 4.08. The molecule has 1 aliphatic rings. The van der Waals surface area contributed by atoms with Crippen molar-refractivity contribution in [1.29, 1.82) is 0 Å². The lowest BCUT2D eigenvalue weighted by atomic mass is 10.0. The molecule has 3 aromatic rings. The van der Waals surface area contributed by atoms with Crippen LogP contribution in [0.25, 0.3) is 0 Å². The van der Waals surface area contributed by atoms with Crippen LogP contribution in [0.3, 0.4) is 0 Å². The Bertz CT molecular complexity index is 1050. The van der Waals surface area contributed by atoms with Gasteiger partial charge in [0.15, 0.2) is 0 Å². The van der Waals surface area contributed by atoms with Crippen LogP contribution in [0, 0.1) is 0 Å². The van der Waals surface area contributed by atoms with Crippen molar-refractivity contribution in [2.75, 3.05) is 23.3 Å². The van der Waals surface area contributed by atoms with Gasteiger partial charge in [0.25, 0.3) is 5.91 Å². The lowest BCUT2D eigenvalue weighted by molar-refractivity contribution is -0.118. The van der Waals surface area contributed by atoms with Crippen molar-refractivity contribution in [3.05, 3.63) is 95.6 Å². The van der Waals surface area contributed by atoms with E-state index < -0.39 is 6.04 Å². The van der Waals surface area contributed by atoms with E-state index in [0.29, 0.717) is 12.0 Å². The molecule has 0 saturated carbocycles. The maximum Gasteiger partial charge on any atom is 0.251 e. The second-order valence-electron chi connectivity index (χ2n) is 7.74. The summed E-state index contributed by atoms with van der Waals surface area (Å²) in [7, 11) is 0. The van der Waals surface area contributed by atoms with Crippen LogP contribution in [0.15, 0.2) is 78.9 Å². The van der Waals surface area contributed by atoms with Gasteiger partial charge in [0.2, 0.25) is 5.91 Å². The van der Waals surface area contributed by atoms with Crippen molar-refractivity contribution >= 4 is 23.2 Å². The molecule has 1 aliphatic heterocycles. The molecule has 1 unspecified atom stereocenters. The number of hydrogen-bond donors (Lipinski definition) is 2. The smallest absolute Gasteiger partial charge is 0.251 e. The van der Waals surface area contributed by atoms with Crippen LogP contribution in [0.1, 0.15) is 28.4 Å². The zero-order chi connectivity index (χ0) is 21.6. The largest absolute Gasteiger partial charge is 0.371 e. The number of amides is 2. The monoisotopic (exact) mass is 413 g/mol. The van der Waals surface area contributed by atoms with Gasteiger partial charge in [0, 0.05) is 36.4 Å². The Morgan fingerprint density at radius 2 is 1.68 bits per heavy atom. The third kappa shape index (κ3) is 4.94. The summed E-state index contributed by atoms with van der Waals surface area (Å²) in [4.78, 5) is 28.2. The van der Waals surface area contributed by atoms with Crippen LogP contribution in [-0.2, 0) is 17.6 Å². The van der Waals surface area contributed by atoms with Crippen molar-refractivity contribution in [3.63, 3.8) is 0 Å². The van der Waals surface area contributed by atoms with E-state index in [1.807, 2.05) is 60.7 Å². The average molecular weight is 414 g/mol. The fourth-order valence-electron chi connectivity index (χ4n) is 3.97. The minimum absolute atomic E-state index is 0.228.